The highest BCUT2D eigenvalue weighted by molar-refractivity contribution is 6.03. The number of hydrogen-bond acceptors (Lipinski definition) is 5. The van der Waals surface area contributed by atoms with E-state index in [1.165, 1.54) is 5.69 Å². The highest BCUT2D eigenvalue weighted by atomic mass is 16.1. The number of hydrogen-bond donors (Lipinski definition) is 1. The predicted octanol–water partition coefficient (Wildman–Crippen LogP) is 3.67. The van der Waals surface area contributed by atoms with E-state index in [1.807, 2.05) is 38.1 Å². The van der Waals surface area contributed by atoms with Crippen molar-refractivity contribution >= 4 is 23.1 Å². The lowest BCUT2D eigenvalue weighted by atomic mass is 10.1. The molecule has 3 aromatic rings. The van der Waals surface area contributed by atoms with Gasteiger partial charge in [0.2, 0.25) is 0 Å². The number of benzene rings is 2. The van der Waals surface area contributed by atoms with Crippen molar-refractivity contribution in [3.8, 4) is 0 Å². The van der Waals surface area contributed by atoms with Crippen molar-refractivity contribution in [3.05, 3.63) is 77.7 Å². The number of nitrogens with zero attached hydrogens (tertiary/aromatic N) is 4. The largest absolute Gasteiger partial charge is 0.368 e. The number of carbonyl (C=O) groups is 1. The van der Waals surface area contributed by atoms with Gasteiger partial charge < -0.3 is 15.1 Å². The number of piperazine rings is 1. The van der Waals surface area contributed by atoms with Crippen molar-refractivity contribution in [2.24, 2.45) is 0 Å². The number of carbonyl (C=O) groups excluding carboxylic acids is 1. The Kier molecular flexibility index (Phi) is 5.42. The molecule has 0 aliphatic carbocycles. The average molecular weight is 387 g/mol. The Labute approximate surface area is 171 Å². The first kappa shape index (κ1) is 18.9. The molecule has 1 aliphatic heterocycles. The van der Waals surface area contributed by atoms with Crippen LogP contribution in [-0.4, -0.2) is 42.1 Å². The summed E-state index contributed by atoms with van der Waals surface area (Å²) in [6.07, 6.45) is 3.25. The van der Waals surface area contributed by atoms with Gasteiger partial charge in [0.25, 0.3) is 5.91 Å². The van der Waals surface area contributed by atoms with Crippen molar-refractivity contribution in [1.82, 2.24) is 9.97 Å². The number of amides is 1. The van der Waals surface area contributed by atoms with E-state index in [1.54, 1.807) is 12.4 Å². The van der Waals surface area contributed by atoms with E-state index in [4.69, 9.17) is 0 Å². The van der Waals surface area contributed by atoms with E-state index in [2.05, 4.69) is 49.4 Å². The van der Waals surface area contributed by atoms with Crippen molar-refractivity contribution in [3.63, 3.8) is 0 Å². The number of aromatic nitrogens is 2. The van der Waals surface area contributed by atoms with E-state index in [0.717, 1.165) is 48.8 Å². The van der Waals surface area contributed by atoms with Crippen molar-refractivity contribution in [2.75, 3.05) is 41.3 Å². The number of anilines is 3. The van der Waals surface area contributed by atoms with Gasteiger partial charge in [0, 0.05) is 37.6 Å². The second-order valence-corrected chi connectivity index (χ2v) is 7.34. The molecule has 6 nitrogen and oxygen atoms in total. The molecule has 148 valence electrons. The monoisotopic (exact) mass is 387 g/mol. The van der Waals surface area contributed by atoms with Crippen LogP contribution in [0.4, 0.5) is 17.2 Å². The second kappa shape index (κ2) is 8.31. The predicted molar refractivity (Wildman–Crippen MR) is 117 cm³/mol. The summed E-state index contributed by atoms with van der Waals surface area (Å²) in [6, 6.07) is 16.4. The number of aryl methyl sites for hydroxylation is 2. The molecule has 0 spiro atoms. The van der Waals surface area contributed by atoms with Gasteiger partial charge in [0.1, 0.15) is 11.5 Å². The van der Waals surface area contributed by atoms with E-state index in [9.17, 15) is 4.79 Å². The Morgan fingerprint density at radius 3 is 2.31 bits per heavy atom. The summed E-state index contributed by atoms with van der Waals surface area (Å²) in [6.45, 7) is 7.58. The molecular formula is C23H25N5O. The lowest BCUT2D eigenvalue weighted by Gasteiger charge is -2.36. The molecule has 1 fully saturated rings. The molecule has 0 radical (unpaired) electrons. The van der Waals surface area contributed by atoms with Crippen LogP contribution in [0.5, 0.6) is 0 Å². The van der Waals surface area contributed by atoms with Crippen LogP contribution in [0.3, 0.4) is 0 Å². The summed E-state index contributed by atoms with van der Waals surface area (Å²) in [5, 5.41) is 2.93. The molecule has 2 aromatic carbocycles. The highest BCUT2D eigenvalue weighted by Crippen LogP contribution is 2.19. The molecule has 4 rings (SSSR count). The van der Waals surface area contributed by atoms with Crippen LogP contribution in [0, 0.1) is 13.8 Å². The molecule has 0 saturated carbocycles. The van der Waals surface area contributed by atoms with Crippen LogP contribution in [0.25, 0.3) is 0 Å². The number of rotatable bonds is 4. The van der Waals surface area contributed by atoms with Gasteiger partial charge in [-0.25, -0.2) is 9.97 Å². The fourth-order valence-corrected chi connectivity index (χ4v) is 3.49. The fourth-order valence-electron chi connectivity index (χ4n) is 3.49. The molecule has 1 N–H and O–H groups in total. The second-order valence-electron chi connectivity index (χ2n) is 7.34. The van der Waals surface area contributed by atoms with Crippen LogP contribution in [0.2, 0.25) is 0 Å². The van der Waals surface area contributed by atoms with Gasteiger partial charge in [0.05, 0.1) is 12.4 Å². The first-order valence-electron chi connectivity index (χ1n) is 9.86. The van der Waals surface area contributed by atoms with Gasteiger partial charge in [-0.3, -0.25) is 4.79 Å². The van der Waals surface area contributed by atoms with Crippen LogP contribution in [0.1, 0.15) is 21.6 Å². The molecule has 6 heteroatoms. The molecule has 29 heavy (non-hydrogen) atoms. The Morgan fingerprint density at radius 2 is 1.62 bits per heavy atom. The van der Waals surface area contributed by atoms with Gasteiger partial charge in [-0.2, -0.15) is 0 Å². The summed E-state index contributed by atoms with van der Waals surface area (Å²) in [7, 11) is 0. The maximum absolute atomic E-state index is 12.5. The Morgan fingerprint density at radius 1 is 0.897 bits per heavy atom. The number of para-hydroxylation sites is 1. The maximum atomic E-state index is 12.5. The first-order valence-corrected chi connectivity index (χ1v) is 9.86. The average Bonchev–Trinajstić information content (AvgIpc) is 2.77. The third-order valence-corrected chi connectivity index (χ3v) is 5.24. The lowest BCUT2D eigenvalue weighted by molar-refractivity contribution is 0.102. The third-order valence-electron chi connectivity index (χ3n) is 5.24. The maximum Gasteiger partial charge on any atom is 0.275 e. The van der Waals surface area contributed by atoms with Crippen LogP contribution in [0.15, 0.2) is 60.9 Å². The van der Waals surface area contributed by atoms with Gasteiger partial charge in [-0.05, 0) is 43.2 Å². The summed E-state index contributed by atoms with van der Waals surface area (Å²) in [5.41, 5.74) is 4.49. The van der Waals surface area contributed by atoms with E-state index >= 15 is 0 Å². The molecule has 0 unspecified atom stereocenters. The van der Waals surface area contributed by atoms with Crippen LogP contribution >= 0.6 is 0 Å². The molecule has 1 amide bonds. The van der Waals surface area contributed by atoms with Crippen molar-refractivity contribution < 1.29 is 4.79 Å². The molecule has 0 atom stereocenters. The summed E-state index contributed by atoms with van der Waals surface area (Å²) >= 11 is 0. The minimum Gasteiger partial charge on any atom is -0.368 e. The Hall–Kier alpha value is -3.41. The topological polar surface area (TPSA) is 61.4 Å². The number of nitrogens with one attached hydrogen (secondary N) is 1. The fraction of sp³-hybridized carbons (Fsp3) is 0.261. The molecular weight excluding hydrogens is 362 g/mol. The van der Waals surface area contributed by atoms with Gasteiger partial charge >= 0.3 is 0 Å². The Balaban J connectivity index is 1.38. The first-order chi connectivity index (χ1) is 14.1. The third kappa shape index (κ3) is 4.37. The normalized spacial score (nSPS) is 14.0. The minimum absolute atomic E-state index is 0.244. The summed E-state index contributed by atoms with van der Waals surface area (Å²) < 4.78 is 0. The zero-order chi connectivity index (χ0) is 20.2. The SMILES string of the molecule is Cc1ccc(C)c(NC(=O)c2cnc(N3CCN(c4ccccc4)CC3)cn2)c1. The van der Waals surface area contributed by atoms with E-state index < -0.39 is 0 Å². The molecule has 0 bridgehead atoms. The van der Waals surface area contributed by atoms with Gasteiger partial charge in [-0.1, -0.05) is 30.3 Å². The van der Waals surface area contributed by atoms with Gasteiger partial charge in [0.15, 0.2) is 0 Å². The molecule has 2 heterocycles. The zero-order valence-electron chi connectivity index (χ0n) is 16.8. The highest BCUT2D eigenvalue weighted by Gasteiger charge is 2.19. The van der Waals surface area contributed by atoms with Crippen molar-refractivity contribution in [2.45, 2.75) is 13.8 Å². The smallest absolute Gasteiger partial charge is 0.275 e. The standard InChI is InChI=1S/C23H25N5O/c1-17-8-9-18(2)20(14-17)26-23(29)21-15-25-22(16-24-21)28-12-10-27(11-13-28)19-6-4-3-5-7-19/h3-9,14-16H,10-13H2,1-2H3,(H,26,29). The van der Waals surface area contributed by atoms with Crippen molar-refractivity contribution in [1.29, 1.82) is 0 Å². The quantitative estimate of drug-likeness (QED) is 0.740. The molecule has 1 aliphatic rings. The summed E-state index contributed by atoms with van der Waals surface area (Å²) in [5.74, 6) is 0.563. The van der Waals surface area contributed by atoms with Gasteiger partial charge in [-0.15, -0.1) is 0 Å². The van der Waals surface area contributed by atoms with E-state index in [-0.39, 0.29) is 5.91 Å². The van der Waals surface area contributed by atoms with Crippen LogP contribution < -0.4 is 15.1 Å². The van der Waals surface area contributed by atoms with E-state index in [0.29, 0.717) is 5.69 Å². The molecule has 1 saturated heterocycles. The minimum atomic E-state index is -0.244. The summed E-state index contributed by atoms with van der Waals surface area (Å²) in [4.78, 5) is 25.9. The zero-order valence-corrected chi connectivity index (χ0v) is 16.8. The Bertz CT molecular complexity index is 980. The lowest BCUT2D eigenvalue weighted by Crippen LogP contribution is -2.46. The van der Waals surface area contributed by atoms with Crippen LogP contribution in [-0.2, 0) is 0 Å². The molecule has 1 aromatic heterocycles.